The molecule has 0 spiro atoms. The molecule has 33 heavy (non-hydrogen) atoms. The summed E-state index contributed by atoms with van der Waals surface area (Å²) in [5.41, 5.74) is 3.19. The van der Waals surface area contributed by atoms with E-state index in [1.54, 1.807) is 48.2 Å². The van der Waals surface area contributed by atoms with Gasteiger partial charge in [-0.1, -0.05) is 29.8 Å². The molecule has 0 bridgehead atoms. The first-order valence-electron chi connectivity index (χ1n) is 11.2. The first-order valence-corrected chi connectivity index (χ1v) is 12.7. The fraction of sp³-hybridized carbons (Fsp3) is 0.440. The van der Waals surface area contributed by atoms with Crippen molar-refractivity contribution in [2.24, 2.45) is 5.92 Å². The van der Waals surface area contributed by atoms with Gasteiger partial charge in [0.2, 0.25) is 5.91 Å². The number of aryl methyl sites for hydroxylation is 2. The van der Waals surface area contributed by atoms with Crippen LogP contribution in [0.4, 0.5) is 5.69 Å². The third kappa shape index (κ3) is 5.55. The smallest absolute Gasteiger partial charge is 0.309 e. The fourth-order valence-corrected chi connectivity index (χ4v) is 5.46. The lowest BCUT2D eigenvalue weighted by atomic mass is 9.97. The van der Waals surface area contributed by atoms with Crippen LogP contribution in [0, 0.1) is 26.7 Å². The molecule has 8 heteroatoms. The Balaban J connectivity index is 1.87. The van der Waals surface area contributed by atoms with Gasteiger partial charge in [0.05, 0.1) is 23.1 Å². The molecule has 1 heterocycles. The number of ether oxygens (including phenoxy) is 1. The molecule has 0 aromatic heterocycles. The summed E-state index contributed by atoms with van der Waals surface area (Å²) in [4.78, 5) is 27.0. The standard InChI is InChI=1S/C25H32N2O5S/c1-5-32-25(29)21-13-15-26(16-14-21)24(28)17-27(23-8-6-7-19(3)20(23)4)33(30,31)22-11-9-18(2)10-12-22/h6-12,21H,5,13-17H2,1-4H3. The molecule has 1 aliphatic rings. The van der Waals surface area contributed by atoms with Crippen molar-refractivity contribution in [3.8, 4) is 0 Å². The Labute approximate surface area is 196 Å². The summed E-state index contributed by atoms with van der Waals surface area (Å²) in [6, 6.07) is 12.1. The van der Waals surface area contributed by atoms with Crippen molar-refractivity contribution in [1.29, 1.82) is 0 Å². The second kappa shape index (κ2) is 10.4. The van der Waals surface area contributed by atoms with E-state index in [4.69, 9.17) is 4.74 Å². The third-order valence-electron chi connectivity index (χ3n) is 6.20. The van der Waals surface area contributed by atoms with Crippen LogP contribution in [0.3, 0.4) is 0 Å². The van der Waals surface area contributed by atoms with Gasteiger partial charge >= 0.3 is 5.97 Å². The number of hydrogen-bond donors (Lipinski definition) is 0. The molecule has 0 aliphatic carbocycles. The molecule has 1 aliphatic heterocycles. The van der Waals surface area contributed by atoms with E-state index in [1.165, 1.54) is 4.31 Å². The number of esters is 1. The largest absolute Gasteiger partial charge is 0.466 e. The number of rotatable bonds is 7. The molecule has 2 aromatic rings. The number of sulfonamides is 1. The monoisotopic (exact) mass is 472 g/mol. The molecule has 2 aromatic carbocycles. The summed E-state index contributed by atoms with van der Waals surface area (Å²) in [5, 5.41) is 0. The lowest BCUT2D eigenvalue weighted by Crippen LogP contribution is -2.47. The number of carbonyl (C=O) groups excluding carboxylic acids is 2. The van der Waals surface area contributed by atoms with Gasteiger partial charge in [0.1, 0.15) is 6.54 Å². The number of carbonyl (C=O) groups is 2. The Kier molecular flexibility index (Phi) is 7.79. The Morgan fingerprint density at radius 3 is 2.27 bits per heavy atom. The lowest BCUT2D eigenvalue weighted by Gasteiger charge is -2.33. The highest BCUT2D eigenvalue weighted by atomic mass is 32.2. The van der Waals surface area contributed by atoms with Gasteiger partial charge in [-0.2, -0.15) is 0 Å². The minimum Gasteiger partial charge on any atom is -0.466 e. The molecule has 1 fully saturated rings. The Morgan fingerprint density at radius 2 is 1.67 bits per heavy atom. The van der Waals surface area contributed by atoms with Gasteiger partial charge in [0.15, 0.2) is 0 Å². The van der Waals surface area contributed by atoms with E-state index in [2.05, 4.69) is 0 Å². The first kappa shape index (κ1) is 24.8. The summed E-state index contributed by atoms with van der Waals surface area (Å²) in [7, 11) is -3.96. The predicted molar refractivity (Wildman–Crippen MR) is 128 cm³/mol. The van der Waals surface area contributed by atoms with Crippen LogP contribution in [0.5, 0.6) is 0 Å². The van der Waals surface area contributed by atoms with Gasteiger partial charge in [0.25, 0.3) is 10.0 Å². The molecule has 0 unspecified atom stereocenters. The van der Waals surface area contributed by atoms with Crippen molar-refractivity contribution in [3.05, 3.63) is 59.2 Å². The van der Waals surface area contributed by atoms with Crippen molar-refractivity contribution in [3.63, 3.8) is 0 Å². The summed E-state index contributed by atoms with van der Waals surface area (Å²) in [5.74, 6) is -0.738. The van der Waals surface area contributed by atoms with Crippen LogP contribution in [0.2, 0.25) is 0 Å². The first-order chi connectivity index (χ1) is 15.6. The van der Waals surface area contributed by atoms with Crippen LogP contribution in [0.1, 0.15) is 36.5 Å². The maximum Gasteiger partial charge on any atom is 0.309 e. The number of anilines is 1. The van der Waals surface area contributed by atoms with Gasteiger partial charge in [-0.05, 0) is 69.9 Å². The molecular weight excluding hydrogens is 440 g/mol. The molecular formula is C25H32N2O5S. The molecule has 3 rings (SSSR count). The molecule has 1 amide bonds. The van der Waals surface area contributed by atoms with Crippen LogP contribution in [-0.4, -0.2) is 51.4 Å². The molecule has 1 saturated heterocycles. The van der Waals surface area contributed by atoms with Crippen molar-refractivity contribution < 1.29 is 22.7 Å². The second-order valence-electron chi connectivity index (χ2n) is 8.45. The number of hydrogen-bond acceptors (Lipinski definition) is 5. The number of likely N-dealkylation sites (tertiary alicyclic amines) is 1. The summed E-state index contributed by atoms with van der Waals surface area (Å²) >= 11 is 0. The van der Waals surface area contributed by atoms with E-state index in [1.807, 2.05) is 26.8 Å². The van der Waals surface area contributed by atoms with E-state index in [0.29, 0.717) is 38.2 Å². The molecule has 178 valence electrons. The number of nitrogens with zero attached hydrogens (tertiary/aromatic N) is 2. The predicted octanol–water partition coefficient (Wildman–Crippen LogP) is 3.61. The lowest BCUT2D eigenvalue weighted by molar-refractivity contribution is -0.151. The molecule has 0 N–H and O–H groups in total. The maximum absolute atomic E-state index is 13.6. The van der Waals surface area contributed by atoms with Gasteiger partial charge in [-0.15, -0.1) is 0 Å². The summed E-state index contributed by atoms with van der Waals surface area (Å²) in [6.07, 6.45) is 1.03. The summed E-state index contributed by atoms with van der Waals surface area (Å²) < 4.78 is 33.6. The zero-order chi connectivity index (χ0) is 24.2. The van der Waals surface area contributed by atoms with E-state index < -0.39 is 10.0 Å². The van der Waals surface area contributed by atoms with Gasteiger partial charge in [0, 0.05) is 13.1 Å². The SMILES string of the molecule is CCOC(=O)C1CCN(C(=O)CN(c2cccc(C)c2C)S(=O)(=O)c2ccc(C)cc2)CC1. The van der Waals surface area contributed by atoms with Crippen LogP contribution < -0.4 is 4.31 Å². The molecule has 7 nitrogen and oxygen atoms in total. The van der Waals surface area contributed by atoms with Gasteiger partial charge < -0.3 is 9.64 Å². The highest BCUT2D eigenvalue weighted by Crippen LogP contribution is 2.29. The fourth-order valence-electron chi connectivity index (χ4n) is 3.99. The minimum atomic E-state index is -3.96. The highest BCUT2D eigenvalue weighted by molar-refractivity contribution is 7.92. The number of amides is 1. The normalized spacial score (nSPS) is 14.7. The maximum atomic E-state index is 13.6. The van der Waals surface area contributed by atoms with Gasteiger partial charge in [-0.3, -0.25) is 13.9 Å². The molecule has 0 saturated carbocycles. The number of piperidine rings is 1. The van der Waals surface area contributed by atoms with Crippen molar-refractivity contribution >= 4 is 27.6 Å². The van der Waals surface area contributed by atoms with Crippen LogP contribution >= 0.6 is 0 Å². The quantitative estimate of drug-likeness (QED) is 0.575. The van der Waals surface area contributed by atoms with Crippen LogP contribution in [-0.2, 0) is 24.3 Å². The average Bonchev–Trinajstić information content (AvgIpc) is 2.80. The zero-order valence-corrected chi connectivity index (χ0v) is 20.5. The third-order valence-corrected chi connectivity index (χ3v) is 7.97. The highest BCUT2D eigenvalue weighted by Gasteiger charge is 2.33. The van der Waals surface area contributed by atoms with Crippen molar-refractivity contribution in [2.45, 2.75) is 45.4 Å². The van der Waals surface area contributed by atoms with E-state index >= 15 is 0 Å². The number of benzene rings is 2. The van der Waals surface area contributed by atoms with Crippen LogP contribution in [0.25, 0.3) is 0 Å². The molecule has 0 radical (unpaired) electrons. The van der Waals surface area contributed by atoms with Crippen molar-refractivity contribution in [2.75, 3.05) is 30.5 Å². The van der Waals surface area contributed by atoms with Gasteiger partial charge in [-0.25, -0.2) is 8.42 Å². The average molecular weight is 473 g/mol. The second-order valence-corrected chi connectivity index (χ2v) is 10.3. The van der Waals surface area contributed by atoms with Crippen molar-refractivity contribution in [1.82, 2.24) is 4.90 Å². The summed E-state index contributed by atoms with van der Waals surface area (Å²) in [6.45, 7) is 8.26. The zero-order valence-electron chi connectivity index (χ0n) is 19.7. The Hall–Kier alpha value is -2.87. The molecule has 0 atom stereocenters. The van der Waals surface area contributed by atoms with E-state index in [9.17, 15) is 18.0 Å². The van der Waals surface area contributed by atoms with E-state index in [-0.39, 0.29) is 29.2 Å². The minimum absolute atomic E-state index is 0.142. The van der Waals surface area contributed by atoms with Crippen LogP contribution in [0.15, 0.2) is 47.4 Å². The topological polar surface area (TPSA) is 84.0 Å². The Bertz CT molecular complexity index is 1100. The Morgan fingerprint density at radius 1 is 1.03 bits per heavy atom. The van der Waals surface area contributed by atoms with E-state index in [0.717, 1.165) is 16.7 Å².